The Morgan fingerprint density at radius 2 is 1.55 bits per heavy atom. The van der Waals surface area contributed by atoms with Crippen molar-refractivity contribution >= 4 is 28.3 Å². The van der Waals surface area contributed by atoms with E-state index in [1.54, 1.807) is 42.6 Å². The van der Waals surface area contributed by atoms with E-state index < -0.39 is 0 Å². The molecule has 0 saturated heterocycles. The molecule has 0 aliphatic carbocycles. The Labute approximate surface area is 168 Å². The Kier molecular flexibility index (Phi) is 5.29. The lowest BCUT2D eigenvalue weighted by Crippen LogP contribution is -2.20. The normalized spacial score (nSPS) is 10.5. The van der Waals surface area contributed by atoms with E-state index in [9.17, 15) is 9.59 Å². The summed E-state index contributed by atoms with van der Waals surface area (Å²) in [5.41, 5.74) is 2.69. The molecular weight excluding hydrogens is 364 g/mol. The maximum atomic E-state index is 12.4. The van der Waals surface area contributed by atoms with Crippen LogP contribution in [0.15, 0.2) is 91.1 Å². The molecule has 0 bridgehead atoms. The lowest BCUT2D eigenvalue weighted by Gasteiger charge is -2.10. The van der Waals surface area contributed by atoms with E-state index in [0.29, 0.717) is 22.6 Å². The minimum atomic E-state index is -0.272. The highest BCUT2D eigenvalue weighted by Gasteiger charge is 2.10. The van der Waals surface area contributed by atoms with Gasteiger partial charge in [0.05, 0.1) is 11.2 Å². The van der Waals surface area contributed by atoms with Gasteiger partial charge >= 0.3 is 0 Å². The molecule has 0 saturated carbocycles. The highest BCUT2D eigenvalue weighted by Crippen LogP contribution is 2.21. The fourth-order valence-corrected chi connectivity index (χ4v) is 3.01. The number of aromatic nitrogens is 1. The van der Waals surface area contributed by atoms with Crippen LogP contribution in [0.25, 0.3) is 10.9 Å². The van der Waals surface area contributed by atoms with Crippen molar-refractivity contribution in [2.24, 2.45) is 0 Å². The second-order valence-corrected chi connectivity index (χ2v) is 6.43. The molecule has 5 nitrogen and oxygen atoms in total. The predicted molar refractivity (Wildman–Crippen MR) is 112 cm³/mol. The van der Waals surface area contributed by atoms with Crippen molar-refractivity contribution in [1.29, 1.82) is 0 Å². The van der Waals surface area contributed by atoms with Crippen LogP contribution in [0.4, 0.5) is 5.69 Å². The largest absolute Gasteiger partial charge is 0.484 e. The van der Waals surface area contributed by atoms with Crippen LogP contribution in [0.3, 0.4) is 0 Å². The average Bonchev–Trinajstić information content (AvgIpc) is 2.78. The number of nitrogens with one attached hydrogen (secondary N) is 1. The molecule has 4 aromatic rings. The van der Waals surface area contributed by atoms with Crippen molar-refractivity contribution in [2.75, 3.05) is 11.9 Å². The van der Waals surface area contributed by atoms with Gasteiger partial charge in [0.2, 0.25) is 0 Å². The van der Waals surface area contributed by atoms with Crippen molar-refractivity contribution in [3.63, 3.8) is 0 Å². The summed E-state index contributed by atoms with van der Waals surface area (Å²) in [6, 6.07) is 25.1. The van der Waals surface area contributed by atoms with Gasteiger partial charge in [-0.15, -0.1) is 0 Å². The molecule has 0 aliphatic heterocycles. The van der Waals surface area contributed by atoms with Crippen LogP contribution in [0.2, 0.25) is 0 Å². The molecule has 0 fully saturated rings. The van der Waals surface area contributed by atoms with Crippen LogP contribution in [-0.4, -0.2) is 23.3 Å². The molecule has 1 aromatic heterocycles. The van der Waals surface area contributed by atoms with Crippen LogP contribution in [0.5, 0.6) is 5.75 Å². The number of ether oxygens (including phenoxy) is 1. The number of benzene rings is 3. The van der Waals surface area contributed by atoms with Crippen molar-refractivity contribution in [3.8, 4) is 5.75 Å². The first-order valence-corrected chi connectivity index (χ1v) is 9.17. The maximum absolute atomic E-state index is 12.4. The molecule has 0 aliphatic rings. The van der Waals surface area contributed by atoms with Gasteiger partial charge in [-0.1, -0.05) is 36.4 Å². The Hall–Kier alpha value is -3.99. The molecule has 0 radical (unpaired) electrons. The highest BCUT2D eigenvalue weighted by atomic mass is 16.5. The maximum Gasteiger partial charge on any atom is 0.262 e. The molecule has 5 heteroatoms. The van der Waals surface area contributed by atoms with Gasteiger partial charge in [0.15, 0.2) is 12.4 Å². The zero-order chi connectivity index (χ0) is 20.1. The average molecular weight is 382 g/mol. The van der Waals surface area contributed by atoms with Gasteiger partial charge < -0.3 is 10.1 Å². The van der Waals surface area contributed by atoms with E-state index in [2.05, 4.69) is 10.3 Å². The van der Waals surface area contributed by atoms with Gasteiger partial charge in [-0.25, -0.2) is 0 Å². The number of nitrogens with zero attached hydrogens (tertiary/aromatic N) is 1. The van der Waals surface area contributed by atoms with Gasteiger partial charge in [-0.2, -0.15) is 0 Å². The van der Waals surface area contributed by atoms with Crippen molar-refractivity contribution in [2.45, 2.75) is 0 Å². The zero-order valence-electron chi connectivity index (χ0n) is 15.5. The second-order valence-electron chi connectivity index (χ2n) is 6.43. The Morgan fingerprint density at radius 3 is 2.34 bits per heavy atom. The number of rotatable bonds is 6. The number of anilines is 1. The fraction of sp³-hybridized carbons (Fsp3) is 0.0417. The van der Waals surface area contributed by atoms with Gasteiger partial charge in [-0.05, 0) is 48.5 Å². The Balaban J connectivity index is 1.37. The lowest BCUT2D eigenvalue weighted by atomic mass is 10.0. The first-order chi connectivity index (χ1) is 14.2. The monoisotopic (exact) mass is 382 g/mol. The number of amides is 1. The van der Waals surface area contributed by atoms with E-state index in [1.165, 1.54) is 0 Å². The molecule has 1 amide bonds. The summed E-state index contributed by atoms with van der Waals surface area (Å²) in [5.74, 6) is 0.189. The Bertz CT molecular complexity index is 1150. The molecular formula is C24H18N2O3. The summed E-state index contributed by atoms with van der Waals surface area (Å²) in [4.78, 5) is 29.0. The molecule has 29 heavy (non-hydrogen) atoms. The second kappa shape index (κ2) is 8.35. The standard InChI is InChI=1S/C24H18N2O3/c27-23(26-22-10-4-9-21-20(22)8-5-15-25-21)16-29-19-13-11-18(12-14-19)24(28)17-6-2-1-3-7-17/h1-15H,16H2,(H,26,27). The minimum absolute atomic E-state index is 0.0561. The fourth-order valence-electron chi connectivity index (χ4n) is 3.01. The highest BCUT2D eigenvalue weighted by molar-refractivity contribution is 6.09. The molecule has 142 valence electrons. The van der Waals surface area contributed by atoms with Gasteiger partial charge in [-0.3, -0.25) is 14.6 Å². The summed E-state index contributed by atoms with van der Waals surface area (Å²) in [7, 11) is 0. The van der Waals surface area contributed by atoms with Crippen LogP contribution in [-0.2, 0) is 4.79 Å². The summed E-state index contributed by atoms with van der Waals surface area (Å²) in [6.45, 7) is -0.136. The quantitative estimate of drug-likeness (QED) is 0.499. The van der Waals surface area contributed by atoms with Crippen LogP contribution >= 0.6 is 0 Å². The van der Waals surface area contributed by atoms with E-state index in [4.69, 9.17) is 4.74 Å². The van der Waals surface area contributed by atoms with Crippen molar-refractivity contribution < 1.29 is 14.3 Å². The molecule has 4 rings (SSSR count). The number of carbonyl (C=O) groups is 2. The first kappa shape index (κ1) is 18.4. The van der Waals surface area contributed by atoms with E-state index >= 15 is 0 Å². The number of fused-ring (bicyclic) bond motifs is 1. The van der Waals surface area contributed by atoms with Gasteiger partial charge in [0, 0.05) is 22.7 Å². The van der Waals surface area contributed by atoms with Crippen LogP contribution in [0, 0.1) is 0 Å². The molecule has 0 atom stereocenters. The first-order valence-electron chi connectivity index (χ1n) is 9.17. The smallest absolute Gasteiger partial charge is 0.262 e. The van der Waals surface area contributed by atoms with E-state index in [1.807, 2.05) is 48.5 Å². The molecule has 3 aromatic carbocycles. The lowest BCUT2D eigenvalue weighted by molar-refractivity contribution is -0.118. The topological polar surface area (TPSA) is 68.3 Å². The number of ketones is 1. The third kappa shape index (κ3) is 4.30. The van der Waals surface area contributed by atoms with Crippen LogP contribution < -0.4 is 10.1 Å². The summed E-state index contributed by atoms with van der Waals surface area (Å²) < 4.78 is 5.55. The number of carbonyl (C=O) groups excluding carboxylic acids is 2. The number of pyridine rings is 1. The van der Waals surface area contributed by atoms with Crippen LogP contribution in [0.1, 0.15) is 15.9 Å². The Morgan fingerprint density at radius 1 is 0.793 bits per heavy atom. The SMILES string of the molecule is O=C(COc1ccc(C(=O)c2ccccc2)cc1)Nc1cccc2ncccc12. The van der Waals surface area contributed by atoms with Crippen molar-refractivity contribution in [1.82, 2.24) is 4.98 Å². The number of hydrogen-bond donors (Lipinski definition) is 1. The van der Waals surface area contributed by atoms with E-state index in [-0.39, 0.29) is 18.3 Å². The van der Waals surface area contributed by atoms with E-state index in [0.717, 1.165) is 10.9 Å². The molecule has 1 N–H and O–H groups in total. The molecule has 1 heterocycles. The summed E-state index contributed by atoms with van der Waals surface area (Å²) in [5, 5.41) is 3.72. The summed E-state index contributed by atoms with van der Waals surface area (Å²) >= 11 is 0. The zero-order valence-corrected chi connectivity index (χ0v) is 15.5. The predicted octanol–water partition coefficient (Wildman–Crippen LogP) is 4.48. The minimum Gasteiger partial charge on any atom is -0.484 e. The number of hydrogen-bond acceptors (Lipinski definition) is 4. The van der Waals surface area contributed by atoms with Crippen molar-refractivity contribution in [3.05, 3.63) is 102 Å². The molecule has 0 unspecified atom stereocenters. The van der Waals surface area contributed by atoms with Gasteiger partial charge in [0.1, 0.15) is 5.75 Å². The van der Waals surface area contributed by atoms with Gasteiger partial charge in [0.25, 0.3) is 5.91 Å². The third-order valence-electron chi connectivity index (χ3n) is 4.44. The molecule has 0 spiro atoms. The summed E-state index contributed by atoms with van der Waals surface area (Å²) in [6.07, 6.45) is 1.71. The third-order valence-corrected chi connectivity index (χ3v) is 4.44.